The van der Waals surface area contributed by atoms with Gasteiger partial charge < -0.3 is 10.1 Å². The van der Waals surface area contributed by atoms with E-state index >= 15 is 0 Å². The first-order valence-electron chi connectivity index (χ1n) is 6.84. The van der Waals surface area contributed by atoms with E-state index in [4.69, 9.17) is 4.74 Å². The van der Waals surface area contributed by atoms with Gasteiger partial charge in [0, 0.05) is 25.5 Å². The minimum atomic E-state index is 0.240. The number of rotatable bonds is 8. The fraction of sp³-hybridized carbons (Fsp3) is 0.667. The molecule has 0 aliphatic heterocycles. The maximum Gasteiger partial charge on any atom is 0.0750 e. The maximum atomic E-state index is 5.67. The zero-order valence-corrected chi connectivity index (χ0v) is 12.0. The van der Waals surface area contributed by atoms with Gasteiger partial charge >= 0.3 is 0 Å². The first-order chi connectivity index (χ1) is 8.69. The summed E-state index contributed by atoms with van der Waals surface area (Å²) >= 11 is 0. The monoisotopic (exact) mass is 250 g/mol. The minimum absolute atomic E-state index is 0.240. The number of pyridine rings is 1. The van der Waals surface area contributed by atoms with E-state index < -0.39 is 0 Å². The summed E-state index contributed by atoms with van der Waals surface area (Å²) in [5, 5.41) is 3.60. The summed E-state index contributed by atoms with van der Waals surface area (Å²) in [5.74, 6) is 0.506. The lowest BCUT2D eigenvalue weighted by Gasteiger charge is -2.30. The van der Waals surface area contributed by atoms with Crippen LogP contribution in [-0.2, 0) is 11.2 Å². The van der Waals surface area contributed by atoms with E-state index in [1.165, 1.54) is 5.56 Å². The van der Waals surface area contributed by atoms with Gasteiger partial charge in [-0.25, -0.2) is 0 Å². The SMILES string of the molecule is CCCNC(Cc1ccncc1)C(OC)C(C)C. The summed E-state index contributed by atoms with van der Waals surface area (Å²) < 4.78 is 5.67. The van der Waals surface area contributed by atoms with Crippen LogP contribution < -0.4 is 5.32 Å². The zero-order valence-electron chi connectivity index (χ0n) is 12.0. The molecule has 0 radical (unpaired) electrons. The summed E-state index contributed by atoms with van der Waals surface area (Å²) in [4.78, 5) is 4.06. The lowest BCUT2D eigenvalue weighted by molar-refractivity contribution is 0.0332. The predicted molar refractivity (Wildman–Crippen MR) is 75.7 cm³/mol. The summed E-state index contributed by atoms with van der Waals surface area (Å²) in [6.07, 6.45) is 6.07. The van der Waals surface area contributed by atoms with E-state index in [2.05, 4.69) is 43.2 Å². The zero-order chi connectivity index (χ0) is 13.4. The number of aromatic nitrogens is 1. The Morgan fingerprint density at radius 1 is 1.28 bits per heavy atom. The highest BCUT2D eigenvalue weighted by atomic mass is 16.5. The van der Waals surface area contributed by atoms with Crippen molar-refractivity contribution in [1.82, 2.24) is 10.3 Å². The van der Waals surface area contributed by atoms with E-state index in [1.54, 1.807) is 7.11 Å². The number of hydrogen-bond acceptors (Lipinski definition) is 3. The standard InChI is InChI=1S/C15H26N2O/c1-5-8-17-14(15(18-4)12(2)3)11-13-6-9-16-10-7-13/h6-7,9-10,12,14-15,17H,5,8,11H2,1-4H3. The first-order valence-corrected chi connectivity index (χ1v) is 6.84. The van der Waals surface area contributed by atoms with Crippen molar-refractivity contribution < 1.29 is 4.74 Å². The van der Waals surface area contributed by atoms with Gasteiger partial charge in [0.25, 0.3) is 0 Å². The largest absolute Gasteiger partial charge is 0.380 e. The molecule has 1 heterocycles. The Hall–Kier alpha value is -0.930. The van der Waals surface area contributed by atoms with Crippen molar-refractivity contribution in [1.29, 1.82) is 0 Å². The molecule has 0 spiro atoms. The molecule has 0 amide bonds. The van der Waals surface area contributed by atoms with Crippen LogP contribution in [0.2, 0.25) is 0 Å². The lowest BCUT2D eigenvalue weighted by Crippen LogP contribution is -2.45. The first kappa shape index (κ1) is 15.1. The molecule has 0 fully saturated rings. The average molecular weight is 250 g/mol. The molecule has 0 bridgehead atoms. The van der Waals surface area contributed by atoms with Crippen molar-refractivity contribution >= 4 is 0 Å². The van der Waals surface area contributed by atoms with Crippen LogP contribution in [0.5, 0.6) is 0 Å². The summed E-state index contributed by atoms with van der Waals surface area (Å²) in [5.41, 5.74) is 1.31. The van der Waals surface area contributed by atoms with E-state index in [9.17, 15) is 0 Å². The smallest absolute Gasteiger partial charge is 0.0750 e. The van der Waals surface area contributed by atoms with Crippen molar-refractivity contribution in [3.63, 3.8) is 0 Å². The fourth-order valence-electron chi connectivity index (χ4n) is 2.31. The van der Waals surface area contributed by atoms with Crippen LogP contribution in [-0.4, -0.2) is 30.8 Å². The quantitative estimate of drug-likeness (QED) is 0.770. The second-order valence-electron chi connectivity index (χ2n) is 5.06. The Morgan fingerprint density at radius 3 is 2.44 bits per heavy atom. The molecule has 18 heavy (non-hydrogen) atoms. The summed E-state index contributed by atoms with van der Waals surface area (Å²) in [6.45, 7) is 7.64. The highest BCUT2D eigenvalue weighted by molar-refractivity contribution is 5.12. The molecule has 0 aliphatic carbocycles. The normalized spacial score (nSPS) is 14.7. The Labute approximate surface area is 111 Å². The number of nitrogens with zero attached hydrogens (tertiary/aromatic N) is 1. The molecule has 0 aliphatic rings. The molecule has 1 rings (SSSR count). The molecule has 102 valence electrons. The van der Waals surface area contributed by atoms with Crippen LogP contribution in [0.3, 0.4) is 0 Å². The van der Waals surface area contributed by atoms with E-state index in [1.807, 2.05) is 12.4 Å². The van der Waals surface area contributed by atoms with Gasteiger partial charge in [-0.2, -0.15) is 0 Å². The van der Waals surface area contributed by atoms with E-state index in [0.717, 1.165) is 19.4 Å². The third kappa shape index (κ3) is 4.75. The molecule has 1 aromatic rings. The molecular weight excluding hydrogens is 224 g/mol. The van der Waals surface area contributed by atoms with E-state index in [-0.39, 0.29) is 6.10 Å². The van der Waals surface area contributed by atoms with Crippen LogP contribution >= 0.6 is 0 Å². The van der Waals surface area contributed by atoms with Gasteiger partial charge in [-0.15, -0.1) is 0 Å². The second kappa shape index (κ2) is 8.22. The molecule has 0 saturated carbocycles. The Bertz CT molecular complexity index is 314. The molecule has 0 saturated heterocycles. The number of nitrogens with one attached hydrogen (secondary N) is 1. The van der Waals surface area contributed by atoms with Crippen molar-refractivity contribution in [2.24, 2.45) is 5.92 Å². The maximum absolute atomic E-state index is 5.67. The van der Waals surface area contributed by atoms with Gasteiger partial charge in [0.2, 0.25) is 0 Å². The predicted octanol–water partition coefficient (Wildman–Crippen LogP) is 2.66. The van der Waals surface area contributed by atoms with Crippen LogP contribution in [0, 0.1) is 5.92 Å². The van der Waals surface area contributed by atoms with Crippen molar-refractivity contribution in [3.05, 3.63) is 30.1 Å². The molecule has 1 N–H and O–H groups in total. The molecule has 1 aromatic heterocycles. The van der Waals surface area contributed by atoms with Gasteiger partial charge in [0.1, 0.15) is 0 Å². The van der Waals surface area contributed by atoms with Crippen LogP contribution in [0.4, 0.5) is 0 Å². The Kier molecular flexibility index (Phi) is 6.91. The van der Waals surface area contributed by atoms with Crippen LogP contribution in [0.25, 0.3) is 0 Å². The number of ether oxygens (including phenoxy) is 1. The van der Waals surface area contributed by atoms with Gasteiger partial charge in [0.05, 0.1) is 6.10 Å². The van der Waals surface area contributed by atoms with Crippen molar-refractivity contribution in [3.8, 4) is 0 Å². The lowest BCUT2D eigenvalue weighted by atomic mass is 9.94. The molecule has 3 nitrogen and oxygen atoms in total. The second-order valence-corrected chi connectivity index (χ2v) is 5.06. The van der Waals surface area contributed by atoms with Gasteiger partial charge in [-0.05, 0) is 43.0 Å². The third-order valence-electron chi connectivity index (χ3n) is 3.19. The Morgan fingerprint density at radius 2 is 1.94 bits per heavy atom. The fourth-order valence-corrected chi connectivity index (χ4v) is 2.31. The van der Waals surface area contributed by atoms with Gasteiger partial charge in [-0.3, -0.25) is 4.98 Å². The molecule has 0 aromatic carbocycles. The number of hydrogen-bond donors (Lipinski definition) is 1. The Balaban J connectivity index is 2.71. The molecule has 2 unspecified atom stereocenters. The van der Waals surface area contributed by atoms with E-state index in [0.29, 0.717) is 12.0 Å². The third-order valence-corrected chi connectivity index (χ3v) is 3.19. The van der Waals surface area contributed by atoms with Crippen LogP contribution in [0.1, 0.15) is 32.8 Å². The molecular formula is C15H26N2O. The molecule has 2 atom stereocenters. The topological polar surface area (TPSA) is 34.2 Å². The molecule has 3 heteroatoms. The van der Waals surface area contributed by atoms with Crippen LogP contribution in [0.15, 0.2) is 24.5 Å². The van der Waals surface area contributed by atoms with Crippen molar-refractivity contribution in [2.45, 2.75) is 45.8 Å². The van der Waals surface area contributed by atoms with Gasteiger partial charge in [-0.1, -0.05) is 20.8 Å². The van der Waals surface area contributed by atoms with Crippen molar-refractivity contribution in [2.75, 3.05) is 13.7 Å². The summed E-state index contributed by atoms with van der Waals surface area (Å²) in [6, 6.07) is 4.51. The summed E-state index contributed by atoms with van der Waals surface area (Å²) in [7, 11) is 1.80. The number of methoxy groups -OCH3 is 1. The van der Waals surface area contributed by atoms with Gasteiger partial charge in [0.15, 0.2) is 0 Å². The highest BCUT2D eigenvalue weighted by Crippen LogP contribution is 2.14. The average Bonchev–Trinajstić information content (AvgIpc) is 2.37. The minimum Gasteiger partial charge on any atom is -0.380 e. The highest BCUT2D eigenvalue weighted by Gasteiger charge is 2.23.